The molecule has 0 bridgehead atoms. The first-order valence-corrected chi connectivity index (χ1v) is 19.8. The molecule has 0 aliphatic carbocycles. The number of para-hydroxylation sites is 4. The molecule has 0 amide bonds. The van der Waals surface area contributed by atoms with Crippen molar-refractivity contribution in [2.45, 2.75) is 0 Å². The normalized spacial score (nSPS) is 12.6. The molecule has 0 saturated carbocycles. The summed E-state index contributed by atoms with van der Waals surface area (Å²) < 4.78 is 9.46. The van der Waals surface area contributed by atoms with Gasteiger partial charge in [0.25, 0.3) is 0 Å². The molecule has 6 aromatic heterocycles. The Morgan fingerprint density at radius 1 is 0.393 bits per heavy atom. The third kappa shape index (κ3) is 3.47. The van der Waals surface area contributed by atoms with E-state index in [0.717, 1.165) is 43.5 Å². The molecule has 6 heterocycles. The van der Waals surface area contributed by atoms with Gasteiger partial charge in [-0.05, 0) is 53.2 Å². The minimum Gasteiger partial charge on any atom is -0.308 e. The third-order valence-corrected chi connectivity index (χ3v) is 13.3. The number of hydrogen-bond donors (Lipinski definition) is 0. The number of rotatable bonds is 2. The van der Waals surface area contributed by atoms with Crippen LogP contribution in [0.3, 0.4) is 0 Å². The first-order chi connectivity index (χ1) is 27.8. The van der Waals surface area contributed by atoms with E-state index in [9.17, 15) is 0 Å². The van der Waals surface area contributed by atoms with Crippen LogP contribution < -0.4 is 0 Å². The monoisotopic (exact) mass is 729 g/mol. The molecule has 0 N–H and O–H groups in total. The van der Waals surface area contributed by atoms with Crippen LogP contribution in [-0.2, 0) is 0 Å². The van der Waals surface area contributed by atoms with Crippen LogP contribution in [0, 0.1) is 0 Å². The fourth-order valence-corrected chi connectivity index (χ4v) is 11.1. The molecule has 0 spiro atoms. The van der Waals surface area contributed by atoms with Crippen LogP contribution in [0.1, 0.15) is 0 Å². The van der Waals surface area contributed by atoms with Crippen LogP contribution in [0.15, 0.2) is 164 Å². The predicted octanol–water partition coefficient (Wildman–Crippen LogP) is 13.3. The number of thiophene rings is 1. The minimum absolute atomic E-state index is 0.664. The van der Waals surface area contributed by atoms with E-state index in [4.69, 9.17) is 9.97 Å². The molecule has 0 radical (unpaired) electrons. The number of nitrogens with zero attached hydrogens (tertiary/aromatic N) is 5. The molecule has 14 aromatic rings. The van der Waals surface area contributed by atoms with Crippen molar-refractivity contribution in [2.75, 3.05) is 0 Å². The molecule has 8 aromatic carbocycles. The van der Waals surface area contributed by atoms with Crippen molar-refractivity contribution < 1.29 is 0 Å². The van der Waals surface area contributed by atoms with E-state index in [1.54, 1.807) is 11.3 Å². The second kappa shape index (κ2) is 10.3. The highest BCUT2D eigenvalue weighted by Gasteiger charge is 2.27. The van der Waals surface area contributed by atoms with Crippen molar-refractivity contribution in [2.24, 2.45) is 0 Å². The summed E-state index contributed by atoms with van der Waals surface area (Å²) in [5, 5.41) is 13.5. The summed E-state index contributed by atoms with van der Waals surface area (Å²) in [6.07, 6.45) is 0. The zero-order chi connectivity index (χ0) is 36.2. The van der Waals surface area contributed by atoms with E-state index < -0.39 is 0 Å². The Labute approximate surface area is 321 Å². The number of fused-ring (bicyclic) bond motifs is 18. The van der Waals surface area contributed by atoms with Crippen LogP contribution in [-0.4, -0.2) is 23.5 Å². The van der Waals surface area contributed by atoms with Gasteiger partial charge in [0.05, 0.1) is 48.8 Å². The van der Waals surface area contributed by atoms with Gasteiger partial charge in [-0.2, -0.15) is 4.98 Å². The maximum atomic E-state index is 5.72. The lowest BCUT2D eigenvalue weighted by atomic mass is 9.99. The molecule has 0 aliphatic rings. The number of benzene rings is 8. The molecular weight excluding hydrogens is 703 g/mol. The van der Waals surface area contributed by atoms with E-state index in [0.29, 0.717) is 5.95 Å². The fourth-order valence-electron chi connectivity index (χ4n) is 9.96. The van der Waals surface area contributed by atoms with Crippen molar-refractivity contribution >= 4 is 124 Å². The molecule has 5 nitrogen and oxygen atoms in total. The Bertz CT molecular complexity index is 3960. The molecule has 6 heteroatoms. The average Bonchev–Trinajstić information content (AvgIpc) is 4.05. The van der Waals surface area contributed by atoms with Crippen LogP contribution >= 0.6 is 11.3 Å². The van der Waals surface area contributed by atoms with Gasteiger partial charge in [-0.25, -0.2) is 4.98 Å². The predicted molar refractivity (Wildman–Crippen MR) is 236 cm³/mol. The fraction of sp³-hybridized carbons (Fsp3) is 0. The van der Waals surface area contributed by atoms with E-state index in [2.05, 4.69) is 177 Å². The summed E-state index contributed by atoms with van der Waals surface area (Å²) in [4.78, 5) is 11.2. The summed E-state index contributed by atoms with van der Waals surface area (Å²) in [7, 11) is 0. The summed E-state index contributed by atoms with van der Waals surface area (Å²) in [6.45, 7) is 0. The first kappa shape index (κ1) is 29.1. The molecular formula is C50H27N5S. The van der Waals surface area contributed by atoms with Gasteiger partial charge in [-0.1, -0.05) is 121 Å². The van der Waals surface area contributed by atoms with Gasteiger partial charge >= 0.3 is 0 Å². The van der Waals surface area contributed by atoms with Gasteiger partial charge in [-0.15, -0.1) is 11.3 Å². The van der Waals surface area contributed by atoms with Gasteiger partial charge < -0.3 is 4.40 Å². The van der Waals surface area contributed by atoms with E-state index in [1.165, 1.54) is 75.1 Å². The summed E-state index contributed by atoms with van der Waals surface area (Å²) in [5.74, 6) is 1.56. The lowest BCUT2D eigenvalue weighted by Gasteiger charge is -2.13. The molecule has 14 rings (SSSR count). The quantitative estimate of drug-likeness (QED) is 0.178. The lowest BCUT2D eigenvalue weighted by Crippen LogP contribution is -2.06. The minimum atomic E-state index is 0.664. The summed E-state index contributed by atoms with van der Waals surface area (Å²) in [6, 6.07) is 59.5. The molecule has 258 valence electrons. The maximum Gasteiger partial charge on any atom is 0.237 e. The Morgan fingerprint density at radius 3 is 1.73 bits per heavy atom. The first-order valence-electron chi connectivity index (χ1n) is 19.0. The van der Waals surface area contributed by atoms with Crippen LogP contribution in [0.5, 0.6) is 0 Å². The van der Waals surface area contributed by atoms with Crippen molar-refractivity contribution in [1.82, 2.24) is 23.5 Å². The van der Waals surface area contributed by atoms with Gasteiger partial charge in [0.15, 0.2) is 5.82 Å². The highest BCUT2D eigenvalue weighted by Crippen LogP contribution is 2.49. The Hall–Kier alpha value is -7.28. The Balaban J connectivity index is 1.25. The zero-order valence-electron chi connectivity index (χ0n) is 29.7. The maximum absolute atomic E-state index is 5.72. The van der Waals surface area contributed by atoms with Gasteiger partial charge in [-0.3, -0.25) is 9.13 Å². The number of aromatic nitrogens is 5. The number of hydrogen-bond acceptors (Lipinski definition) is 3. The zero-order valence-corrected chi connectivity index (χ0v) is 30.5. The molecule has 0 unspecified atom stereocenters. The van der Waals surface area contributed by atoms with Crippen LogP contribution in [0.4, 0.5) is 0 Å². The highest BCUT2D eigenvalue weighted by molar-refractivity contribution is 7.26. The lowest BCUT2D eigenvalue weighted by molar-refractivity contribution is 0.977. The second-order valence-electron chi connectivity index (χ2n) is 14.9. The van der Waals surface area contributed by atoms with E-state index >= 15 is 0 Å². The van der Waals surface area contributed by atoms with E-state index in [1.807, 2.05) is 0 Å². The van der Waals surface area contributed by atoms with Crippen molar-refractivity contribution in [1.29, 1.82) is 0 Å². The second-order valence-corrected chi connectivity index (χ2v) is 16.0. The summed E-state index contributed by atoms with van der Waals surface area (Å²) in [5.41, 5.74) is 9.15. The van der Waals surface area contributed by atoms with Crippen LogP contribution in [0.2, 0.25) is 0 Å². The smallest absolute Gasteiger partial charge is 0.237 e. The van der Waals surface area contributed by atoms with Crippen molar-refractivity contribution in [3.05, 3.63) is 164 Å². The summed E-state index contributed by atoms with van der Waals surface area (Å²) >= 11 is 1.78. The van der Waals surface area contributed by atoms with Gasteiger partial charge in [0.1, 0.15) is 0 Å². The Morgan fingerprint density at radius 2 is 0.982 bits per heavy atom. The van der Waals surface area contributed by atoms with Gasteiger partial charge in [0, 0.05) is 53.2 Å². The molecule has 56 heavy (non-hydrogen) atoms. The molecule has 0 saturated heterocycles. The topological polar surface area (TPSA) is 40.0 Å². The van der Waals surface area contributed by atoms with Crippen LogP contribution in [0.25, 0.3) is 125 Å². The van der Waals surface area contributed by atoms with Crippen molar-refractivity contribution in [3.63, 3.8) is 0 Å². The third-order valence-electron chi connectivity index (χ3n) is 12.2. The SMILES string of the molecule is c1ccc2c(c1)ccc1c2c2c3c4ccccc4n4c5ccccc5c(cc2n1-c1nc(-n2c5ccccc5c5ccccc52)nc2c1sc1ccccc12)c34. The molecule has 0 atom stereocenters. The molecule has 0 aliphatic heterocycles. The largest absolute Gasteiger partial charge is 0.308 e. The van der Waals surface area contributed by atoms with Crippen molar-refractivity contribution in [3.8, 4) is 11.8 Å². The molecule has 0 fully saturated rings. The average molecular weight is 730 g/mol. The van der Waals surface area contributed by atoms with E-state index in [-0.39, 0.29) is 0 Å². The standard InChI is InChI=1S/C50H27N5S/c1-2-14-29-28(13-1)25-26-40-43(29)45-41(27-35-32-17-5-8-20-36(32)53-39-23-11-6-18-33(39)44(45)47(35)53)54(40)49-48-46(34-19-7-12-24-42(34)56-48)51-50(52-49)55-37-21-9-3-15-30(37)31-16-4-10-22-38(31)55/h1-27H. The highest BCUT2D eigenvalue weighted by atomic mass is 32.1. The van der Waals surface area contributed by atoms with Gasteiger partial charge in [0.2, 0.25) is 5.95 Å². The Kier molecular flexibility index (Phi) is 5.34.